The maximum Gasteiger partial charge on any atom is 0.261 e. The van der Waals surface area contributed by atoms with E-state index in [2.05, 4.69) is 10.0 Å². The van der Waals surface area contributed by atoms with E-state index in [1.165, 1.54) is 18.2 Å². The van der Waals surface area contributed by atoms with E-state index >= 15 is 0 Å². The van der Waals surface area contributed by atoms with Crippen LogP contribution in [0.5, 0.6) is 0 Å². The molecule has 1 fully saturated rings. The highest BCUT2D eigenvalue weighted by atomic mass is 35.5. The number of benzene rings is 2. The predicted octanol–water partition coefficient (Wildman–Crippen LogP) is 3.15. The molecule has 0 aliphatic carbocycles. The van der Waals surface area contributed by atoms with E-state index in [1.54, 1.807) is 42.3 Å². The summed E-state index contributed by atoms with van der Waals surface area (Å²) in [4.78, 5) is 26.9. The average molecular weight is 494 g/mol. The maximum absolute atomic E-state index is 13.0. The molecule has 2 aromatic rings. The molecule has 1 aliphatic rings. The van der Waals surface area contributed by atoms with E-state index in [1.807, 2.05) is 0 Å². The number of para-hydroxylation sites is 1. The van der Waals surface area contributed by atoms with Crippen LogP contribution in [0, 0.1) is 5.92 Å². The van der Waals surface area contributed by atoms with Crippen molar-refractivity contribution in [3.63, 3.8) is 0 Å². The highest BCUT2D eigenvalue weighted by molar-refractivity contribution is 7.92. The Morgan fingerprint density at radius 1 is 1.12 bits per heavy atom. The van der Waals surface area contributed by atoms with Crippen LogP contribution < -0.4 is 10.0 Å². The lowest BCUT2D eigenvalue weighted by Gasteiger charge is -2.31. The lowest BCUT2D eigenvalue weighted by molar-refractivity contribution is -0.126. The van der Waals surface area contributed by atoms with Gasteiger partial charge in [0.05, 0.1) is 15.6 Å². The summed E-state index contributed by atoms with van der Waals surface area (Å²) in [5.41, 5.74) is 0.540. The van der Waals surface area contributed by atoms with Gasteiger partial charge in [-0.15, -0.1) is 0 Å². The van der Waals surface area contributed by atoms with E-state index in [0.29, 0.717) is 39.1 Å². The Bertz CT molecular complexity index is 1090. The molecule has 0 spiro atoms. The summed E-state index contributed by atoms with van der Waals surface area (Å²) in [7, 11) is -2.30. The van der Waals surface area contributed by atoms with Crippen LogP contribution in [0.2, 0.25) is 5.02 Å². The number of carbonyl (C=O) groups excluding carboxylic acids is 2. The van der Waals surface area contributed by atoms with Crippen molar-refractivity contribution in [2.75, 3.05) is 38.1 Å². The van der Waals surface area contributed by atoms with Crippen LogP contribution in [0.3, 0.4) is 0 Å². The summed E-state index contributed by atoms with van der Waals surface area (Å²) >= 11 is 6.06. The molecular formula is C23H28ClN3O5S. The van der Waals surface area contributed by atoms with Crippen LogP contribution in [0.25, 0.3) is 0 Å². The zero-order valence-corrected chi connectivity index (χ0v) is 20.0. The number of carbonyl (C=O) groups is 2. The van der Waals surface area contributed by atoms with Crippen LogP contribution >= 0.6 is 11.6 Å². The summed E-state index contributed by atoms with van der Waals surface area (Å²) in [6.07, 6.45) is 1.88. The number of nitrogens with one attached hydrogen (secondary N) is 2. The number of likely N-dealkylation sites (tertiary alicyclic amines) is 1. The number of amides is 2. The molecule has 0 aromatic heterocycles. The third-order valence-corrected chi connectivity index (χ3v) is 7.18. The number of hydrogen-bond donors (Lipinski definition) is 2. The quantitative estimate of drug-likeness (QED) is 0.522. The molecule has 1 heterocycles. The lowest BCUT2D eigenvalue weighted by Crippen LogP contribution is -2.43. The molecule has 10 heteroatoms. The zero-order valence-electron chi connectivity index (χ0n) is 18.4. The SMILES string of the molecule is COCCCNC(=O)C1CCN(C(=O)c2cccc(S(=O)(=O)Nc3ccccc3Cl)c2)CC1. The topological polar surface area (TPSA) is 105 Å². The molecule has 2 N–H and O–H groups in total. The third kappa shape index (κ3) is 6.69. The van der Waals surface area contributed by atoms with Crippen molar-refractivity contribution in [2.45, 2.75) is 24.2 Å². The smallest absolute Gasteiger partial charge is 0.261 e. The van der Waals surface area contributed by atoms with Crippen molar-refractivity contribution < 1.29 is 22.7 Å². The van der Waals surface area contributed by atoms with Crippen LogP contribution in [-0.4, -0.2) is 58.5 Å². The fourth-order valence-electron chi connectivity index (χ4n) is 3.64. The summed E-state index contributed by atoms with van der Waals surface area (Å²) in [6.45, 7) is 2.03. The minimum Gasteiger partial charge on any atom is -0.385 e. The van der Waals surface area contributed by atoms with Gasteiger partial charge in [-0.3, -0.25) is 14.3 Å². The minimum atomic E-state index is -3.92. The molecule has 0 radical (unpaired) electrons. The van der Waals surface area contributed by atoms with Gasteiger partial charge in [0, 0.05) is 44.8 Å². The van der Waals surface area contributed by atoms with Crippen molar-refractivity contribution >= 4 is 39.1 Å². The summed E-state index contributed by atoms with van der Waals surface area (Å²) in [5.74, 6) is -0.399. The van der Waals surface area contributed by atoms with Gasteiger partial charge in [-0.1, -0.05) is 29.8 Å². The summed E-state index contributed by atoms with van der Waals surface area (Å²) < 4.78 is 33.0. The first-order valence-corrected chi connectivity index (χ1v) is 12.6. The largest absolute Gasteiger partial charge is 0.385 e. The van der Waals surface area contributed by atoms with Gasteiger partial charge >= 0.3 is 0 Å². The van der Waals surface area contributed by atoms with Crippen molar-refractivity contribution in [2.24, 2.45) is 5.92 Å². The van der Waals surface area contributed by atoms with Crippen LogP contribution in [0.15, 0.2) is 53.4 Å². The first kappa shape index (κ1) is 25.0. The molecule has 178 valence electrons. The molecule has 3 rings (SSSR count). The predicted molar refractivity (Wildman–Crippen MR) is 127 cm³/mol. The Morgan fingerprint density at radius 2 is 1.85 bits per heavy atom. The standard InChI is InChI=1S/C23H28ClN3O5S/c1-32-15-5-12-25-22(28)17-10-13-27(14-11-17)23(29)18-6-4-7-19(16-18)33(30,31)26-21-9-3-2-8-20(21)24/h2-4,6-9,16-17,26H,5,10-15H2,1H3,(H,25,28). The molecule has 2 amide bonds. The molecular weight excluding hydrogens is 466 g/mol. The summed E-state index contributed by atoms with van der Waals surface area (Å²) in [6, 6.07) is 12.4. The van der Waals surface area contributed by atoms with Gasteiger partial charge in [-0.05, 0) is 49.6 Å². The van der Waals surface area contributed by atoms with Gasteiger partial charge in [-0.25, -0.2) is 8.42 Å². The molecule has 1 aliphatic heterocycles. The normalized spacial score (nSPS) is 14.7. The van der Waals surface area contributed by atoms with Gasteiger partial charge in [0.15, 0.2) is 0 Å². The summed E-state index contributed by atoms with van der Waals surface area (Å²) in [5, 5.41) is 3.18. The molecule has 0 atom stereocenters. The van der Waals surface area contributed by atoms with Crippen molar-refractivity contribution in [1.82, 2.24) is 10.2 Å². The van der Waals surface area contributed by atoms with Gasteiger partial charge in [0.1, 0.15) is 0 Å². The van der Waals surface area contributed by atoms with Gasteiger partial charge in [0.2, 0.25) is 5.91 Å². The maximum atomic E-state index is 13.0. The Kier molecular flexibility index (Phi) is 8.71. The van der Waals surface area contributed by atoms with Gasteiger partial charge in [-0.2, -0.15) is 0 Å². The molecule has 33 heavy (non-hydrogen) atoms. The van der Waals surface area contributed by atoms with Gasteiger partial charge in [0.25, 0.3) is 15.9 Å². The monoisotopic (exact) mass is 493 g/mol. The first-order chi connectivity index (χ1) is 15.8. The van der Waals surface area contributed by atoms with Crippen molar-refractivity contribution in [1.29, 1.82) is 0 Å². The number of piperidine rings is 1. The number of sulfonamides is 1. The van der Waals surface area contributed by atoms with Crippen LogP contribution in [0.4, 0.5) is 5.69 Å². The molecule has 2 aromatic carbocycles. The van der Waals surface area contributed by atoms with Gasteiger partial charge < -0.3 is 15.0 Å². The number of rotatable bonds is 9. The average Bonchev–Trinajstić information content (AvgIpc) is 2.83. The van der Waals surface area contributed by atoms with Crippen LogP contribution in [0.1, 0.15) is 29.6 Å². The third-order valence-electron chi connectivity index (χ3n) is 5.49. The molecule has 1 saturated heterocycles. The Labute approximate surface area is 199 Å². The lowest BCUT2D eigenvalue weighted by atomic mass is 9.95. The molecule has 0 bridgehead atoms. The first-order valence-electron chi connectivity index (χ1n) is 10.7. The Hall–Kier alpha value is -2.62. The number of anilines is 1. The Balaban J connectivity index is 1.61. The molecule has 0 unspecified atom stereocenters. The fraction of sp³-hybridized carbons (Fsp3) is 0.391. The fourth-order valence-corrected chi connectivity index (χ4v) is 5.01. The number of hydrogen-bond acceptors (Lipinski definition) is 5. The second kappa shape index (κ2) is 11.5. The second-order valence-corrected chi connectivity index (χ2v) is 9.91. The van der Waals surface area contributed by atoms with E-state index in [4.69, 9.17) is 16.3 Å². The number of nitrogens with zero attached hydrogens (tertiary/aromatic N) is 1. The van der Waals surface area contributed by atoms with Crippen molar-refractivity contribution in [3.8, 4) is 0 Å². The Morgan fingerprint density at radius 3 is 2.55 bits per heavy atom. The van der Waals surface area contributed by atoms with E-state index in [-0.39, 0.29) is 38.9 Å². The highest BCUT2D eigenvalue weighted by Gasteiger charge is 2.28. The second-order valence-electron chi connectivity index (χ2n) is 7.82. The molecule has 0 saturated carbocycles. The van der Waals surface area contributed by atoms with Crippen LogP contribution in [-0.2, 0) is 19.6 Å². The minimum absolute atomic E-state index is 0.00283. The van der Waals surface area contributed by atoms with E-state index in [9.17, 15) is 18.0 Å². The number of ether oxygens (including phenoxy) is 1. The van der Waals surface area contributed by atoms with E-state index in [0.717, 1.165) is 6.42 Å². The number of methoxy groups -OCH3 is 1. The highest BCUT2D eigenvalue weighted by Crippen LogP contribution is 2.25. The molecule has 8 nitrogen and oxygen atoms in total. The zero-order chi connectivity index (χ0) is 23.8. The van der Waals surface area contributed by atoms with E-state index < -0.39 is 10.0 Å². The number of halogens is 1. The van der Waals surface area contributed by atoms with Crippen molar-refractivity contribution in [3.05, 3.63) is 59.1 Å².